The molecule has 3 N–H and O–H groups in total. The number of aliphatic hydroxyl groups excluding tert-OH is 1. The molecule has 2 aliphatic carbocycles. The highest BCUT2D eigenvalue weighted by atomic mass is 16.6. The summed E-state index contributed by atoms with van der Waals surface area (Å²) in [4.78, 5) is 7.69. The molecule has 0 bridgehead atoms. The van der Waals surface area contributed by atoms with Gasteiger partial charge in [-0.3, -0.25) is 0 Å². The summed E-state index contributed by atoms with van der Waals surface area (Å²) in [7, 11) is 4.08. The molecule has 27 heavy (non-hydrogen) atoms. The summed E-state index contributed by atoms with van der Waals surface area (Å²) in [5.74, 6) is 0.846. The van der Waals surface area contributed by atoms with E-state index in [1.807, 2.05) is 26.2 Å². The SMILES string of the molecule is CN(C)CCONC[C@H]1CC[C@]2(O)C[C@@H](c3ccc(CO)cc3)CC[C@]12C. The fourth-order valence-electron chi connectivity index (χ4n) is 5.12. The highest BCUT2D eigenvalue weighted by Gasteiger charge is 2.58. The number of rotatable bonds is 8. The summed E-state index contributed by atoms with van der Waals surface area (Å²) in [5, 5.41) is 20.8. The van der Waals surface area contributed by atoms with Crippen LogP contribution in [0.4, 0.5) is 0 Å². The predicted octanol–water partition coefficient (Wildman–Crippen LogP) is 2.68. The topological polar surface area (TPSA) is 65.0 Å². The van der Waals surface area contributed by atoms with Crippen molar-refractivity contribution in [3.8, 4) is 0 Å². The molecule has 0 saturated heterocycles. The molecule has 0 spiro atoms. The molecule has 2 aliphatic rings. The van der Waals surface area contributed by atoms with Gasteiger partial charge in [0.25, 0.3) is 0 Å². The van der Waals surface area contributed by atoms with Crippen LogP contribution >= 0.6 is 0 Å². The number of nitrogens with one attached hydrogen (secondary N) is 1. The van der Waals surface area contributed by atoms with Crippen LogP contribution in [0.5, 0.6) is 0 Å². The second kappa shape index (κ2) is 8.58. The van der Waals surface area contributed by atoms with Gasteiger partial charge in [0.1, 0.15) is 0 Å². The highest BCUT2D eigenvalue weighted by Crippen LogP contribution is 2.60. The zero-order valence-corrected chi connectivity index (χ0v) is 17.1. The molecular formula is C22H36N2O3. The van der Waals surface area contributed by atoms with Gasteiger partial charge in [-0.1, -0.05) is 31.2 Å². The van der Waals surface area contributed by atoms with Crippen LogP contribution in [-0.4, -0.2) is 54.5 Å². The molecule has 5 nitrogen and oxygen atoms in total. The molecule has 2 saturated carbocycles. The van der Waals surface area contributed by atoms with E-state index in [4.69, 9.17) is 4.84 Å². The Morgan fingerprint density at radius 3 is 2.59 bits per heavy atom. The summed E-state index contributed by atoms with van der Waals surface area (Å²) in [5.41, 5.74) is 4.74. The fraction of sp³-hybridized carbons (Fsp3) is 0.727. The first kappa shape index (κ1) is 20.7. The second-order valence-electron chi connectivity index (χ2n) is 9.02. The second-order valence-corrected chi connectivity index (χ2v) is 9.02. The quantitative estimate of drug-likeness (QED) is 0.481. The standard InChI is InChI=1S/C22H36N2O3/c1-21-10-8-19(18-6-4-17(16-25)5-7-18)14-22(21,26)11-9-20(21)15-23-27-13-12-24(2)3/h4-7,19-20,23,25-26H,8-16H2,1-3H3/t19-,20+,21+,22-/m0/s1. The Morgan fingerprint density at radius 2 is 1.93 bits per heavy atom. The minimum Gasteiger partial charge on any atom is -0.392 e. The van der Waals surface area contributed by atoms with Crippen LogP contribution in [0.2, 0.25) is 0 Å². The average molecular weight is 377 g/mol. The van der Waals surface area contributed by atoms with Crippen molar-refractivity contribution in [2.75, 3.05) is 33.8 Å². The van der Waals surface area contributed by atoms with Gasteiger partial charge >= 0.3 is 0 Å². The van der Waals surface area contributed by atoms with E-state index in [2.05, 4.69) is 29.4 Å². The third kappa shape index (κ3) is 4.38. The van der Waals surface area contributed by atoms with E-state index < -0.39 is 5.60 Å². The molecule has 2 fully saturated rings. The minimum absolute atomic E-state index is 0.0492. The Balaban J connectivity index is 1.58. The zero-order chi connectivity index (χ0) is 19.5. The van der Waals surface area contributed by atoms with E-state index in [0.29, 0.717) is 18.4 Å². The molecule has 4 atom stereocenters. The van der Waals surface area contributed by atoms with Crippen LogP contribution in [0.25, 0.3) is 0 Å². The predicted molar refractivity (Wildman–Crippen MR) is 107 cm³/mol. The average Bonchev–Trinajstić information content (AvgIpc) is 2.92. The van der Waals surface area contributed by atoms with Crippen LogP contribution < -0.4 is 5.48 Å². The smallest absolute Gasteiger partial charge is 0.0809 e. The Bertz CT molecular complexity index is 606. The number of hydroxylamine groups is 1. The van der Waals surface area contributed by atoms with E-state index in [9.17, 15) is 10.2 Å². The summed E-state index contributed by atoms with van der Waals surface area (Å²) >= 11 is 0. The van der Waals surface area contributed by atoms with Crippen molar-refractivity contribution < 1.29 is 15.1 Å². The van der Waals surface area contributed by atoms with E-state index in [1.165, 1.54) is 5.56 Å². The number of likely N-dealkylation sites (N-methyl/N-ethyl adjacent to an activating group) is 1. The van der Waals surface area contributed by atoms with E-state index in [0.717, 1.165) is 50.8 Å². The van der Waals surface area contributed by atoms with E-state index in [1.54, 1.807) is 0 Å². The molecule has 0 aliphatic heterocycles. The lowest BCUT2D eigenvalue weighted by atomic mass is 9.59. The van der Waals surface area contributed by atoms with Gasteiger partial charge in [0.05, 0.1) is 18.8 Å². The maximum atomic E-state index is 11.5. The van der Waals surface area contributed by atoms with Gasteiger partial charge < -0.3 is 20.0 Å². The van der Waals surface area contributed by atoms with Crippen molar-refractivity contribution in [3.63, 3.8) is 0 Å². The molecular weight excluding hydrogens is 340 g/mol. The van der Waals surface area contributed by atoms with Gasteiger partial charge in [0, 0.05) is 18.5 Å². The van der Waals surface area contributed by atoms with Gasteiger partial charge in [-0.05, 0) is 69.2 Å². The van der Waals surface area contributed by atoms with Crippen molar-refractivity contribution in [2.24, 2.45) is 11.3 Å². The van der Waals surface area contributed by atoms with Gasteiger partial charge in [-0.2, -0.15) is 0 Å². The van der Waals surface area contributed by atoms with Gasteiger partial charge in [0.15, 0.2) is 0 Å². The van der Waals surface area contributed by atoms with Crippen LogP contribution in [0.3, 0.4) is 0 Å². The monoisotopic (exact) mass is 376 g/mol. The van der Waals surface area contributed by atoms with Crippen LogP contribution in [0, 0.1) is 11.3 Å². The van der Waals surface area contributed by atoms with Crippen molar-refractivity contribution >= 4 is 0 Å². The molecule has 5 heteroatoms. The first-order valence-corrected chi connectivity index (χ1v) is 10.3. The molecule has 1 aromatic rings. The number of fused-ring (bicyclic) bond motifs is 1. The minimum atomic E-state index is -0.596. The van der Waals surface area contributed by atoms with Crippen LogP contribution in [-0.2, 0) is 11.4 Å². The van der Waals surface area contributed by atoms with Crippen LogP contribution in [0.15, 0.2) is 24.3 Å². The summed E-state index contributed by atoms with van der Waals surface area (Å²) in [6.07, 6.45) is 4.90. The Hall–Kier alpha value is -0.980. The molecule has 3 rings (SSSR count). The third-order valence-corrected chi connectivity index (χ3v) is 7.17. The zero-order valence-electron chi connectivity index (χ0n) is 17.1. The molecule has 0 amide bonds. The van der Waals surface area contributed by atoms with Gasteiger partial charge in [-0.15, -0.1) is 0 Å². The largest absolute Gasteiger partial charge is 0.392 e. The number of nitrogens with zero attached hydrogens (tertiary/aromatic N) is 1. The van der Waals surface area contributed by atoms with Crippen molar-refractivity contribution in [1.29, 1.82) is 0 Å². The molecule has 0 aromatic heterocycles. The number of hydrogen-bond acceptors (Lipinski definition) is 5. The van der Waals surface area contributed by atoms with Crippen molar-refractivity contribution in [2.45, 2.75) is 57.2 Å². The first-order chi connectivity index (χ1) is 12.9. The number of hydrogen-bond donors (Lipinski definition) is 3. The molecule has 152 valence electrons. The van der Waals surface area contributed by atoms with Crippen LogP contribution in [0.1, 0.15) is 56.1 Å². The normalized spacial score (nSPS) is 33.4. The molecule has 1 aromatic carbocycles. The maximum Gasteiger partial charge on any atom is 0.0809 e. The highest BCUT2D eigenvalue weighted by molar-refractivity contribution is 5.27. The number of aliphatic hydroxyl groups is 2. The number of benzene rings is 1. The maximum absolute atomic E-state index is 11.5. The Morgan fingerprint density at radius 1 is 1.19 bits per heavy atom. The van der Waals surface area contributed by atoms with E-state index in [-0.39, 0.29) is 12.0 Å². The lowest BCUT2D eigenvalue weighted by Gasteiger charge is -2.49. The molecule has 0 radical (unpaired) electrons. The van der Waals surface area contributed by atoms with Crippen molar-refractivity contribution in [3.05, 3.63) is 35.4 Å². The Kier molecular flexibility index (Phi) is 6.59. The van der Waals surface area contributed by atoms with Gasteiger partial charge in [0.2, 0.25) is 0 Å². The lowest BCUT2D eigenvalue weighted by molar-refractivity contribution is -0.109. The summed E-state index contributed by atoms with van der Waals surface area (Å²) in [6, 6.07) is 8.24. The molecule has 0 heterocycles. The summed E-state index contributed by atoms with van der Waals surface area (Å²) in [6.45, 7) is 4.74. The van der Waals surface area contributed by atoms with Crippen molar-refractivity contribution in [1.82, 2.24) is 10.4 Å². The summed E-state index contributed by atoms with van der Waals surface area (Å²) < 4.78 is 0. The molecule has 0 unspecified atom stereocenters. The van der Waals surface area contributed by atoms with E-state index >= 15 is 0 Å². The lowest BCUT2D eigenvalue weighted by Crippen LogP contribution is -2.50. The van der Waals surface area contributed by atoms with Gasteiger partial charge in [-0.25, -0.2) is 5.48 Å². The fourth-order valence-corrected chi connectivity index (χ4v) is 5.12. The third-order valence-electron chi connectivity index (χ3n) is 7.17. The first-order valence-electron chi connectivity index (χ1n) is 10.3. The Labute approximate surface area is 163 Å².